The standard InChI is InChI=1S/C65H83NO18/c1-35(2)16-23-50(68)36(3)65(75)53(82-61-58(80-37(4)67)56(52(70)34-78-61)84-60-57(55(72)51(69)33-77-60)83-59(73)38-17-20-40(76-7)21-18-38)31-49-46-22-19-39-30-41(24-27-63(39,5)48(46)25-28-64(49,65)6)81-54(71)26-29-66-62(74)79-32-47-44-14-10-8-12-42(44)43-13-9-11-15-45(43)47/h8-15,17-21,35-36,41,46-49,51-53,55-58,60-61,69-70,72,75H,16,22-34H2,1-7H3,(H,66,74)/t36-,41+,46-,48?,49+,51-,52+,53+,55+,56+,57-,58-,60+,61+,63+,64+,65-/m1/s1. The molecule has 5 aliphatic carbocycles. The van der Waals surface area contributed by atoms with Crippen molar-refractivity contribution in [2.75, 3.05) is 33.5 Å². The summed E-state index contributed by atoms with van der Waals surface area (Å²) in [6.45, 7) is 10.8. The minimum absolute atomic E-state index is 0.0119. The number of alkyl carbamates (subject to hydrolysis) is 1. The number of Topliss-reactive ketones (excluding diaryl/α,β-unsaturated/α-hetero) is 1. The molecule has 19 heteroatoms. The molecule has 5 fully saturated rings. The van der Waals surface area contributed by atoms with E-state index in [0.29, 0.717) is 44.3 Å². The highest BCUT2D eigenvalue weighted by atomic mass is 16.8. The first-order chi connectivity index (χ1) is 40.1. The van der Waals surface area contributed by atoms with Gasteiger partial charge >= 0.3 is 24.0 Å². The van der Waals surface area contributed by atoms with Crippen LogP contribution in [0.2, 0.25) is 0 Å². The number of amides is 1. The van der Waals surface area contributed by atoms with Crippen LogP contribution < -0.4 is 10.1 Å². The summed E-state index contributed by atoms with van der Waals surface area (Å²) in [5.74, 6) is -2.33. The average molecular weight is 1170 g/mol. The SMILES string of the molecule is COc1ccc(C(=O)O[C@H]2[C@H](O[C@@H]3[C@@H](OC(C)=O)[C@H](O[C@H]4C[C@H]5[C@@H]6CC=C7C[C@@H](OC(=O)CCNC(=O)OCC8c9ccccc9-c9ccccc98)CC[C@]7(C)C6CC[C@]5(C)[C@@]4(O)[C@H](C)C(=O)CCC(C)C)OC[C@@H]3O)OC[C@@H](O)[C@@H]2O)cc1. The lowest BCUT2D eigenvalue weighted by molar-refractivity contribution is -0.345. The lowest BCUT2D eigenvalue weighted by Crippen LogP contribution is -2.64. The Morgan fingerprint density at radius 3 is 2.10 bits per heavy atom. The molecule has 3 aromatic rings. The predicted molar refractivity (Wildman–Crippen MR) is 303 cm³/mol. The van der Waals surface area contributed by atoms with Gasteiger partial charge in [0, 0.05) is 43.6 Å². The summed E-state index contributed by atoms with van der Waals surface area (Å²) in [6.07, 6.45) is -6.86. The first kappa shape index (κ1) is 61.3. The second kappa shape index (κ2) is 25.3. The summed E-state index contributed by atoms with van der Waals surface area (Å²) in [5, 5.41) is 49.9. The van der Waals surface area contributed by atoms with Crippen LogP contribution in [0.5, 0.6) is 5.75 Å². The Hall–Kier alpha value is -5.77. The number of fused-ring (bicyclic) bond motifs is 8. The van der Waals surface area contributed by atoms with E-state index in [0.717, 1.165) is 35.1 Å². The molecule has 2 heterocycles. The van der Waals surface area contributed by atoms with E-state index < -0.39 is 109 Å². The molecule has 0 bridgehead atoms. The Morgan fingerprint density at radius 2 is 1.43 bits per heavy atom. The molecule has 0 spiro atoms. The number of allylic oxidation sites excluding steroid dienone is 1. The van der Waals surface area contributed by atoms with E-state index in [9.17, 15) is 44.4 Å². The molecule has 1 amide bonds. The monoisotopic (exact) mass is 1170 g/mol. The third kappa shape index (κ3) is 11.9. The van der Waals surface area contributed by atoms with E-state index in [1.54, 1.807) is 19.1 Å². The largest absolute Gasteiger partial charge is 0.497 e. The maximum atomic E-state index is 14.4. The molecule has 2 aliphatic heterocycles. The summed E-state index contributed by atoms with van der Waals surface area (Å²) in [4.78, 5) is 67.1. The van der Waals surface area contributed by atoms with E-state index in [4.69, 9.17) is 42.6 Å². The molecule has 3 aromatic carbocycles. The van der Waals surface area contributed by atoms with Crippen molar-refractivity contribution in [3.63, 3.8) is 0 Å². The van der Waals surface area contributed by atoms with Crippen LogP contribution >= 0.6 is 0 Å². The number of esters is 3. The van der Waals surface area contributed by atoms with E-state index in [1.807, 2.05) is 38.1 Å². The fourth-order valence-corrected chi connectivity index (χ4v) is 15.3. The Kier molecular flexibility index (Phi) is 18.5. The number of hydrogen-bond donors (Lipinski definition) is 5. The fourth-order valence-electron chi connectivity index (χ4n) is 15.3. The van der Waals surface area contributed by atoms with Crippen molar-refractivity contribution in [2.45, 2.75) is 179 Å². The number of aliphatic hydroxyl groups excluding tert-OH is 3. The number of nitrogens with one attached hydrogen (secondary N) is 1. The van der Waals surface area contributed by atoms with E-state index in [-0.39, 0.29) is 78.4 Å². The normalized spacial score (nSPS) is 34.5. The summed E-state index contributed by atoms with van der Waals surface area (Å²) >= 11 is 0. The highest BCUT2D eigenvalue weighted by Gasteiger charge is 2.71. The summed E-state index contributed by atoms with van der Waals surface area (Å²) in [7, 11) is 1.48. The molecule has 1 unspecified atom stereocenters. The van der Waals surface area contributed by atoms with Gasteiger partial charge in [-0.15, -0.1) is 0 Å². The Morgan fingerprint density at radius 1 is 0.762 bits per heavy atom. The minimum atomic E-state index is -1.75. The van der Waals surface area contributed by atoms with Crippen LogP contribution in [0.25, 0.3) is 11.1 Å². The molecule has 17 atom stereocenters. The van der Waals surface area contributed by atoms with Crippen LogP contribution in [0.15, 0.2) is 84.4 Å². The highest BCUT2D eigenvalue weighted by molar-refractivity contribution is 5.89. The van der Waals surface area contributed by atoms with Crippen LogP contribution in [0, 0.1) is 40.4 Å². The fraction of sp³-hybridized carbons (Fsp3) is 0.615. The Balaban J connectivity index is 0.816. The summed E-state index contributed by atoms with van der Waals surface area (Å²) < 4.78 is 53.8. The number of carbonyl (C=O) groups excluding carboxylic acids is 5. The average Bonchev–Trinajstić information content (AvgIpc) is 1.49. The number of ether oxygens (including phenoxy) is 9. The smallest absolute Gasteiger partial charge is 0.407 e. The maximum absolute atomic E-state index is 14.4. The van der Waals surface area contributed by atoms with Gasteiger partial charge in [-0.25, -0.2) is 9.59 Å². The molecule has 3 saturated carbocycles. The van der Waals surface area contributed by atoms with Gasteiger partial charge in [0.1, 0.15) is 54.3 Å². The second-order valence-corrected chi connectivity index (χ2v) is 25.2. The summed E-state index contributed by atoms with van der Waals surface area (Å²) in [5.41, 5.74) is 2.99. The second-order valence-electron chi connectivity index (χ2n) is 25.2. The van der Waals surface area contributed by atoms with E-state index in [1.165, 1.54) is 31.7 Å². The molecule has 456 valence electrons. The molecule has 84 heavy (non-hydrogen) atoms. The first-order valence-electron chi connectivity index (χ1n) is 30.0. The van der Waals surface area contributed by atoms with Crippen LogP contribution in [-0.4, -0.2) is 151 Å². The van der Waals surface area contributed by atoms with Gasteiger partial charge in [-0.3, -0.25) is 14.4 Å². The van der Waals surface area contributed by atoms with Gasteiger partial charge in [0.05, 0.1) is 38.4 Å². The number of rotatable bonds is 19. The highest BCUT2D eigenvalue weighted by Crippen LogP contribution is 2.69. The van der Waals surface area contributed by atoms with Crippen molar-refractivity contribution < 1.29 is 87.0 Å². The number of carbonyl (C=O) groups is 5. The van der Waals surface area contributed by atoms with Crippen molar-refractivity contribution in [2.24, 2.45) is 40.4 Å². The van der Waals surface area contributed by atoms with Gasteiger partial charge in [-0.05, 0) is 121 Å². The van der Waals surface area contributed by atoms with Gasteiger partial charge < -0.3 is 68.4 Å². The third-order valence-corrected chi connectivity index (χ3v) is 20.0. The van der Waals surface area contributed by atoms with Crippen LogP contribution in [0.3, 0.4) is 0 Å². The third-order valence-electron chi connectivity index (χ3n) is 20.0. The van der Waals surface area contributed by atoms with Crippen molar-refractivity contribution >= 4 is 29.8 Å². The molecule has 0 aromatic heterocycles. The van der Waals surface area contributed by atoms with Crippen molar-refractivity contribution in [3.8, 4) is 16.9 Å². The zero-order chi connectivity index (χ0) is 59.8. The lowest BCUT2D eigenvalue weighted by Gasteiger charge is -2.59. The zero-order valence-corrected chi connectivity index (χ0v) is 49.1. The minimum Gasteiger partial charge on any atom is -0.497 e. The van der Waals surface area contributed by atoms with Gasteiger partial charge in [0.25, 0.3) is 0 Å². The predicted octanol–water partition coefficient (Wildman–Crippen LogP) is 7.50. The molecular weight excluding hydrogens is 1080 g/mol. The zero-order valence-electron chi connectivity index (χ0n) is 49.1. The maximum Gasteiger partial charge on any atom is 0.407 e. The number of methoxy groups -OCH3 is 1. The molecule has 7 aliphatic rings. The van der Waals surface area contributed by atoms with Gasteiger partial charge in [-0.1, -0.05) is 94.8 Å². The molecule has 5 N–H and O–H groups in total. The number of aliphatic hydroxyl groups is 4. The quantitative estimate of drug-likeness (QED) is 0.0442. The van der Waals surface area contributed by atoms with Gasteiger partial charge in [-0.2, -0.15) is 0 Å². The lowest BCUT2D eigenvalue weighted by atomic mass is 9.46. The van der Waals surface area contributed by atoms with Crippen molar-refractivity contribution in [1.29, 1.82) is 0 Å². The number of benzene rings is 3. The van der Waals surface area contributed by atoms with Crippen LogP contribution in [0.4, 0.5) is 4.79 Å². The number of ketones is 1. The van der Waals surface area contributed by atoms with Crippen molar-refractivity contribution in [1.82, 2.24) is 5.32 Å². The Bertz CT molecular complexity index is 2870. The van der Waals surface area contributed by atoms with E-state index >= 15 is 0 Å². The van der Waals surface area contributed by atoms with Gasteiger partial charge in [0.15, 0.2) is 24.8 Å². The first-order valence-corrected chi connectivity index (χ1v) is 30.0. The molecule has 19 nitrogen and oxygen atoms in total. The topological polar surface area (TPSA) is 261 Å². The molecule has 0 radical (unpaired) electrons. The molecular formula is C65H83NO18. The van der Waals surface area contributed by atoms with Crippen LogP contribution in [0.1, 0.15) is 133 Å². The van der Waals surface area contributed by atoms with Gasteiger partial charge in [0.2, 0.25) is 0 Å². The van der Waals surface area contributed by atoms with Crippen molar-refractivity contribution in [3.05, 3.63) is 101 Å². The van der Waals surface area contributed by atoms with E-state index in [2.05, 4.69) is 49.5 Å². The Labute approximate surface area is 491 Å². The molecule has 2 saturated heterocycles. The van der Waals surface area contributed by atoms with Crippen LogP contribution in [-0.2, 0) is 52.3 Å². The number of hydrogen-bond acceptors (Lipinski definition) is 18. The molecule has 10 rings (SSSR count). The summed E-state index contributed by atoms with van der Waals surface area (Å²) in [6, 6.07) is 22.3.